The minimum atomic E-state index is -1.25. The van der Waals surface area contributed by atoms with E-state index in [4.69, 9.17) is 4.74 Å². The summed E-state index contributed by atoms with van der Waals surface area (Å²) in [4.78, 5) is 52.1. The summed E-state index contributed by atoms with van der Waals surface area (Å²) < 4.78 is 9.89. The summed E-state index contributed by atoms with van der Waals surface area (Å²) in [5.41, 5.74) is -0.579. The molecule has 0 radical (unpaired) electrons. The lowest BCUT2D eigenvalue weighted by atomic mass is 9.95. The number of phenols is 1. The van der Waals surface area contributed by atoms with Gasteiger partial charge < -0.3 is 30.1 Å². The highest BCUT2D eigenvalue weighted by molar-refractivity contribution is 5.93. The van der Waals surface area contributed by atoms with Crippen molar-refractivity contribution in [2.75, 3.05) is 20.2 Å². The smallest absolute Gasteiger partial charge is 0.408 e. The second-order valence-corrected chi connectivity index (χ2v) is 8.89. The summed E-state index contributed by atoms with van der Waals surface area (Å²) >= 11 is 0. The van der Waals surface area contributed by atoms with Crippen molar-refractivity contribution in [1.82, 2.24) is 15.5 Å². The molecule has 3 atom stereocenters. The molecule has 3 amide bonds. The number of alkyl carbamates (subject to hydrolysis) is 1. The van der Waals surface area contributed by atoms with Gasteiger partial charge in [-0.05, 0) is 39.7 Å². The Morgan fingerprint density at radius 1 is 1.12 bits per heavy atom. The number of hydrogen-bond acceptors (Lipinski definition) is 7. The van der Waals surface area contributed by atoms with Crippen LogP contribution in [0.15, 0.2) is 24.3 Å². The fraction of sp³-hybridized carbons (Fsp3) is 0.583. The van der Waals surface area contributed by atoms with Gasteiger partial charge in [-0.1, -0.05) is 38.5 Å². The van der Waals surface area contributed by atoms with Crippen LogP contribution in [0.2, 0.25) is 0 Å². The third-order valence-corrected chi connectivity index (χ3v) is 5.20. The molecule has 0 saturated heterocycles. The molecule has 0 bridgehead atoms. The molecule has 3 unspecified atom stereocenters. The summed E-state index contributed by atoms with van der Waals surface area (Å²) in [5.74, 6) is -2.33. The second-order valence-electron chi connectivity index (χ2n) is 8.89. The normalized spacial score (nSPS) is 13.7. The molecule has 0 aliphatic heterocycles. The van der Waals surface area contributed by atoms with Gasteiger partial charge in [0.25, 0.3) is 0 Å². The predicted molar refractivity (Wildman–Crippen MR) is 126 cm³/mol. The second kappa shape index (κ2) is 12.8. The average Bonchev–Trinajstić information content (AvgIpc) is 2.77. The Bertz CT molecular complexity index is 866. The minimum absolute atomic E-state index is 0.0897. The van der Waals surface area contributed by atoms with Crippen LogP contribution in [-0.4, -0.2) is 65.7 Å². The van der Waals surface area contributed by atoms with Crippen LogP contribution in [0.3, 0.4) is 0 Å². The van der Waals surface area contributed by atoms with Gasteiger partial charge in [-0.3, -0.25) is 14.4 Å². The molecule has 0 saturated carbocycles. The topological polar surface area (TPSA) is 134 Å². The van der Waals surface area contributed by atoms with E-state index in [0.29, 0.717) is 6.42 Å². The Morgan fingerprint density at radius 3 is 2.24 bits per heavy atom. The fourth-order valence-corrected chi connectivity index (χ4v) is 3.26. The third-order valence-electron chi connectivity index (χ3n) is 5.20. The Labute approximate surface area is 201 Å². The van der Waals surface area contributed by atoms with Crippen LogP contribution < -0.4 is 10.6 Å². The molecule has 10 nitrogen and oxygen atoms in total. The van der Waals surface area contributed by atoms with Gasteiger partial charge >= 0.3 is 12.1 Å². The van der Waals surface area contributed by atoms with Crippen LogP contribution in [0.4, 0.5) is 4.79 Å². The van der Waals surface area contributed by atoms with Crippen LogP contribution in [0.25, 0.3) is 0 Å². The number of nitrogens with one attached hydrogen (secondary N) is 2. The van der Waals surface area contributed by atoms with Crippen molar-refractivity contribution in [3.8, 4) is 5.75 Å². The molecule has 0 spiro atoms. The maximum atomic E-state index is 13.7. The Kier molecular flexibility index (Phi) is 10.8. The molecule has 34 heavy (non-hydrogen) atoms. The molecular weight excluding hydrogens is 442 g/mol. The maximum absolute atomic E-state index is 13.7. The van der Waals surface area contributed by atoms with Crippen molar-refractivity contribution >= 4 is 23.9 Å². The zero-order valence-electron chi connectivity index (χ0n) is 21.0. The van der Waals surface area contributed by atoms with Gasteiger partial charge in [0, 0.05) is 12.1 Å². The number of rotatable bonds is 10. The van der Waals surface area contributed by atoms with Crippen molar-refractivity contribution in [3.05, 3.63) is 29.8 Å². The number of amides is 3. The molecule has 0 fully saturated rings. The summed E-state index contributed by atoms with van der Waals surface area (Å²) in [5, 5.41) is 15.5. The first kappa shape index (κ1) is 28.7. The number of benzene rings is 1. The molecule has 0 heterocycles. The largest absolute Gasteiger partial charge is 0.508 e. The van der Waals surface area contributed by atoms with Crippen LogP contribution in [-0.2, 0) is 23.9 Å². The van der Waals surface area contributed by atoms with Crippen molar-refractivity contribution < 1.29 is 33.8 Å². The fourth-order valence-electron chi connectivity index (χ4n) is 3.26. The van der Waals surface area contributed by atoms with Crippen molar-refractivity contribution in [2.24, 2.45) is 5.92 Å². The minimum Gasteiger partial charge on any atom is -0.508 e. The number of carbonyl (C=O) groups is 4. The average molecular weight is 480 g/mol. The molecule has 190 valence electrons. The number of esters is 1. The first-order valence-corrected chi connectivity index (χ1v) is 11.3. The predicted octanol–water partition coefficient (Wildman–Crippen LogP) is 2.51. The molecule has 0 aliphatic carbocycles. The third kappa shape index (κ3) is 8.24. The molecule has 1 rings (SSSR count). The number of likely N-dealkylation sites (N-methyl/N-ethyl adjacent to an activating group) is 1. The Hall–Kier alpha value is -3.30. The van der Waals surface area contributed by atoms with Gasteiger partial charge in [0.1, 0.15) is 30.0 Å². The van der Waals surface area contributed by atoms with E-state index in [1.807, 2.05) is 6.92 Å². The van der Waals surface area contributed by atoms with Crippen molar-refractivity contribution in [1.29, 1.82) is 0 Å². The molecule has 1 aromatic rings. The van der Waals surface area contributed by atoms with Crippen LogP contribution in [0.1, 0.15) is 59.6 Å². The zero-order chi connectivity index (χ0) is 26.1. The van der Waals surface area contributed by atoms with E-state index in [1.54, 1.807) is 46.8 Å². The van der Waals surface area contributed by atoms with E-state index in [2.05, 4.69) is 15.4 Å². The summed E-state index contributed by atoms with van der Waals surface area (Å²) in [7, 11) is 1.19. The van der Waals surface area contributed by atoms with Gasteiger partial charge in [0.2, 0.25) is 11.8 Å². The van der Waals surface area contributed by atoms with Crippen molar-refractivity contribution in [2.45, 2.75) is 65.6 Å². The molecular formula is C24H37N3O7. The van der Waals surface area contributed by atoms with Crippen molar-refractivity contribution in [3.63, 3.8) is 0 Å². The number of aromatic hydroxyl groups is 1. The van der Waals surface area contributed by atoms with E-state index < -0.39 is 48.1 Å². The Balaban J connectivity index is 3.38. The first-order valence-electron chi connectivity index (χ1n) is 11.3. The maximum Gasteiger partial charge on any atom is 0.408 e. The number of phenolic OH excluding ortho intramolecular Hbond substituents is 1. The molecule has 1 aromatic carbocycles. The van der Waals surface area contributed by atoms with Crippen LogP contribution in [0.5, 0.6) is 5.75 Å². The molecule has 0 aromatic heterocycles. The number of hydrogen-bond donors (Lipinski definition) is 3. The lowest BCUT2D eigenvalue weighted by Gasteiger charge is -2.35. The number of ether oxygens (including phenoxy) is 2. The van der Waals surface area contributed by atoms with Gasteiger partial charge in [0.05, 0.1) is 7.11 Å². The summed E-state index contributed by atoms with van der Waals surface area (Å²) in [6.45, 7) is 10.2. The summed E-state index contributed by atoms with van der Waals surface area (Å²) in [6.07, 6.45) is -0.184. The summed E-state index contributed by atoms with van der Waals surface area (Å²) in [6, 6.07) is 3.90. The lowest BCUT2D eigenvalue weighted by Crippen LogP contribution is -2.55. The number of para-hydroxylation sites is 1. The molecule has 0 aliphatic rings. The quantitative estimate of drug-likeness (QED) is 0.439. The highest BCUT2D eigenvalue weighted by atomic mass is 16.6. The van der Waals surface area contributed by atoms with Gasteiger partial charge in [-0.25, -0.2) is 4.79 Å². The Morgan fingerprint density at radius 2 is 1.74 bits per heavy atom. The zero-order valence-corrected chi connectivity index (χ0v) is 21.0. The van der Waals surface area contributed by atoms with Gasteiger partial charge in [-0.15, -0.1) is 0 Å². The van der Waals surface area contributed by atoms with E-state index >= 15 is 0 Å². The van der Waals surface area contributed by atoms with Crippen LogP contribution in [0, 0.1) is 5.92 Å². The van der Waals surface area contributed by atoms with E-state index in [-0.39, 0.29) is 23.8 Å². The monoisotopic (exact) mass is 479 g/mol. The first-order chi connectivity index (χ1) is 15.9. The van der Waals surface area contributed by atoms with E-state index in [1.165, 1.54) is 24.1 Å². The lowest BCUT2D eigenvalue weighted by molar-refractivity contribution is -0.145. The highest BCUT2D eigenvalue weighted by Gasteiger charge is 2.38. The van der Waals surface area contributed by atoms with E-state index in [9.17, 15) is 24.3 Å². The number of methoxy groups -OCH3 is 1. The number of nitrogens with zero attached hydrogens (tertiary/aromatic N) is 1. The standard InChI is InChI=1S/C24H37N3O7/c1-8-15(3)19(26-23(32)34-24(4,5)6)22(31)27(9-2)20(16-12-10-11-13-17(16)28)21(30)25-14-18(29)33-7/h10-13,15,19-20,28H,8-9,14H2,1-7H3,(H,25,30)(H,26,32). The molecule has 3 N–H and O–H groups in total. The van der Waals surface area contributed by atoms with E-state index in [0.717, 1.165) is 0 Å². The molecule has 10 heteroatoms. The SMILES string of the molecule is CCC(C)C(NC(=O)OC(C)(C)C)C(=O)N(CC)C(C(=O)NCC(=O)OC)c1ccccc1O. The number of carbonyl (C=O) groups excluding carboxylic acids is 4. The van der Waals surface area contributed by atoms with Gasteiger partial charge in [-0.2, -0.15) is 0 Å². The van der Waals surface area contributed by atoms with Crippen LogP contribution >= 0.6 is 0 Å². The highest BCUT2D eigenvalue weighted by Crippen LogP contribution is 2.30. The van der Waals surface area contributed by atoms with Gasteiger partial charge in [0.15, 0.2) is 0 Å².